The molecule has 0 spiro atoms. The quantitative estimate of drug-likeness (QED) is 0.692. The van der Waals surface area contributed by atoms with Crippen LogP contribution in [-0.2, 0) is 4.79 Å². The molecular formula is C11H21N3O. The summed E-state index contributed by atoms with van der Waals surface area (Å²) in [5.74, 6) is 0.104. The first-order chi connectivity index (χ1) is 7.15. The summed E-state index contributed by atoms with van der Waals surface area (Å²) in [6.45, 7) is 4.05. The third kappa shape index (κ3) is 3.18. The lowest BCUT2D eigenvalue weighted by Crippen LogP contribution is -2.39. The van der Waals surface area contributed by atoms with Crippen LogP contribution >= 0.6 is 0 Å². The summed E-state index contributed by atoms with van der Waals surface area (Å²) in [6.07, 6.45) is 4.24. The Kier molecular flexibility index (Phi) is 3.26. The fourth-order valence-corrected chi connectivity index (χ4v) is 2.26. The Balaban J connectivity index is 1.69. The molecule has 1 amide bonds. The minimum atomic E-state index is -0.0362. The van der Waals surface area contributed by atoms with Gasteiger partial charge in [-0.1, -0.05) is 0 Å². The molecule has 4 heteroatoms. The lowest BCUT2D eigenvalue weighted by atomic mass is 10.2. The van der Waals surface area contributed by atoms with Crippen LogP contribution in [0.1, 0.15) is 32.6 Å². The number of carbonyl (C=O) groups is 1. The second kappa shape index (κ2) is 4.49. The van der Waals surface area contributed by atoms with Crippen LogP contribution in [0.25, 0.3) is 0 Å². The topological polar surface area (TPSA) is 58.4 Å². The highest BCUT2D eigenvalue weighted by atomic mass is 16.1. The summed E-state index contributed by atoms with van der Waals surface area (Å²) in [5.41, 5.74) is 5.58. The van der Waals surface area contributed by atoms with E-state index < -0.39 is 0 Å². The SMILES string of the molecule is CC(N)CC(=O)NC1CCN(C2CC2)C1. The van der Waals surface area contributed by atoms with Gasteiger partial charge in [0.25, 0.3) is 0 Å². The molecule has 2 aliphatic rings. The van der Waals surface area contributed by atoms with Gasteiger partial charge in [-0.3, -0.25) is 9.69 Å². The maximum Gasteiger partial charge on any atom is 0.221 e. The minimum Gasteiger partial charge on any atom is -0.352 e. The van der Waals surface area contributed by atoms with Crippen molar-refractivity contribution in [1.29, 1.82) is 0 Å². The maximum absolute atomic E-state index is 11.5. The molecule has 0 aromatic carbocycles. The normalized spacial score (nSPS) is 29.1. The molecule has 0 radical (unpaired) electrons. The number of carbonyl (C=O) groups excluding carboxylic acids is 1. The largest absolute Gasteiger partial charge is 0.352 e. The molecule has 0 aromatic heterocycles. The van der Waals surface area contributed by atoms with Gasteiger partial charge in [-0.25, -0.2) is 0 Å². The number of nitrogens with two attached hydrogens (primary N) is 1. The molecule has 86 valence electrons. The number of hydrogen-bond acceptors (Lipinski definition) is 3. The number of rotatable bonds is 4. The zero-order valence-corrected chi connectivity index (χ0v) is 9.41. The van der Waals surface area contributed by atoms with Crippen LogP contribution < -0.4 is 11.1 Å². The Hall–Kier alpha value is -0.610. The fourth-order valence-electron chi connectivity index (χ4n) is 2.26. The molecule has 1 aliphatic carbocycles. The maximum atomic E-state index is 11.5. The first-order valence-corrected chi connectivity index (χ1v) is 5.94. The summed E-state index contributed by atoms with van der Waals surface area (Å²) in [6, 6.07) is 1.14. The van der Waals surface area contributed by atoms with Gasteiger partial charge in [0.05, 0.1) is 0 Å². The Bertz CT molecular complexity index is 238. The van der Waals surface area contributed by atoms with Crippen LogP contribution in [0.2, 0.25) is 0 Å². The highest BCUT2D eigenvalue weighted by Gasteiger charge is 2.34. The highest BCUT2D eigenvalue weighted by molar-refractivity contribution is 5.76. The fraction of sp³-hybridized carbons (Fsp3) is 0.909. The second-order valence-electron chi connectivity index (χ2n) is 4.96. The number of nitrogens with one attached hydrogen (secondary N) is 1. The number of amides is 1. The molecule has 4 nitrogen and oxygen atoms in total. The van der Waals surface area contributed by atoms with E-state index in [0.29, 0.717) is 12.5 Å². The van der Waals surface area contributed by atoms with E-state index in [1.807, 2.05) is 6.92 Å². The molecule has 0 bridgehead atoms. The van der Waals surface area contributed by atoms with Gasteiger partial charge in [0.1, 0.15) is 0 Å². The average Bonchev–Trinajstić information content (AvgIpc) is 2.87. The van der Waals surface area contributed by atoms with Gasteiger partial charge in [0, 0.05) is 37.6 Å². The van der Waals surface area contributed by atoms with Crippen LogP contribution in [-0.4, -0.2) is 42.0 Å². The van der Waals surface area contributed by atoms with Crippen molar-refractivity contribution < 1.29 is 4.79 Å². The van der Waals surface area contributed by atoms with E-state index in [-0.39, 0.29) is 11.9 Å². The highest BCUT2D eigenvalue weighted by Crippen LogP contribution is 2.29. The van der Waals surface area contributed by atoms with Gasteiger partial charge >= 0.3 is 0 Å². The molecular weight excluding hydrogens is 190 g/mol. The summed E-state index contributed by atoms with van der Waals surface area (Å²) in [5, 5.41) is 3.06. The molecule has 1 aliphatic heterocycles. The monoisotopic (exact) mass is 211 g/mol. The molecule has 1 saturated heterocycles. The van der Waals surface area contributed by atoms with Gasteiger partial charge < -0.3 is 11.1 Å². The molecule has 2 fully saturated rings. The third-order valence-corrected chi connectivity index (χ3v) is 3.16. The van der Waals surface area contributed by atoms with Gasteiger partial charge in [0.15, 0.2) is 0 Å². The number of likely N-dealkylation sites (tertiary alicyclic amines) is 1. The Morgan fingerprint density at radius 1 is 1.53 bits per heavy atom. The first-order valence-electron chi connectivity index (χ1n) is 5.94. The molecule has 2 rings (SSSR count). The number of hydrogen-bond donors (Lipinski definition) is 2. The van der Waals surface area contributed by atoms with Crippen molar-refractivity contribution in [3.05, 3.63) is 0 Å². The molecule has 1 heterocycles. The zero-order chi connectivity index (χ0) is 10.8. The summed E-state index contributed by atoms with van der Waals surface area (Å²) in [7, 11) is 0. The second-order valence-corrected chi connectivity index (χ2v) is 4.96. The van der Waals surface area contributed by atoms with Crippen molar-refractivity contribution in [3.8, 4) is 0 Å². The lowest BCUT2D eigenvalue weighted by Gasteiger charge is -2.16. The van der Waals surface area contributed by atoms with Crippen LogP contribution in [0, 0.1) is 0 Å². The predicted molar refractivity (Wildman–Crippen MR) is 59.4 cm³/mol. The van der Waals surface area contributed by atoms with E-state index >= 15 is 0 Å². The van der Waals surface area contributed by atoms with Gasteiger partial charge in [0.2, 0.25) is 5.91 Å². The Morgan fingerprint density at radius 2 is 2.27 bits per heavy atom. The average molecular weight is 211 g/mol. The summed E-state index contributed by atoms with van der Waals surface area (Å²) >= 11 is 0. The Morgan fingerprint density at radius 3 is 2.87 bits per heavy atom. The molecule has 15 heavy (non-hydrogen) atoms. The third-order valence-electron chi connectivity index (χ3n) is 3.16. The smallest absolute Gasteiger partial charge is 0.221 e. The van der Waals surface area contributed by atoms with Gasteiger partial charge in [-0.05, 0) is 26.2 Å². The van der Waals surface area contributed by atoms with Crippen LogP contribution in [0.5, 0.6) is 0 Å². The summed E-state index contributed by atoms with van der Waals surface area (Å²) in [4.78, 5) is 14.0. The summed E-state index contributed by atoms with van der Waals surface area (Å²) < 4.78 is 0. The van der Waals surface area contributed by atoms with E-state index in [0.717, 1.165) is 25.6 Å². The lowest BCUT2D eigenvalue weighted by molar-refractivity contribution is -0.121. The van der Waals surface area contributed by atoms with E-state index in [2.05, 4.69) is 10.2 Å². The van der Waals surface area contributed by atoms with E-state index in [4.69, 9.17) is 5.73 Å². The van der Waals surface area contributed by atoms with Gasteiger partial charge in [-0.15, -0.1) is 0 Å². The van der Waals surface area contributed by atoms with Crippen molar-refractivity contribution >= 4 is 5.91 Å². The Labute approximate surface area is 91.2 Å². The van der Waals surface area contributed by atoms with Crippen LogP contribution in [0.15, 0.2) is 0 Å². The predicted octanol–water partition coefficient (Wildman–Crippen LogP) is 0.0766. The van der Waals surface area contributed by atoms with Crippen molar-refractivity contribution in [3.63, 3.8) is 0 Å². The van der Waals surface area contributed by atoms with Crippen LogP contribution in [0.3, 0.4) is 0 Å². The van der Waals surface area contributed by atoms with E-state index in [1.165, 1.54) is 12.8 Å². The van der Waals surface area contributed by atoms with Crippen molar-refractivity contribution in [1.82, 2.24) is 10.2 Å². The van der Waals surface area contributed by atoms with E-state index in [9.17, 15) is 4.79 Å². The number of nitrogens with zero attached hydrogens (tertiary/aromatic N) is 1. The standard InChI is InChI=1S/C11H21N3O/c1-8(12)6-11(15)13-9-4-5-14(7-9)10-2-3-10/h8-10H,2-7,12H2,1H3,(H,13,15). The van der Waals surface area contributed by atoms with Crippen molar-refractivity contribution in [2.75, 3.05) is 13.1 Å². The molecule has 2 atom stereocenters. The van der Waals surface area contributed by atoms with Crippen molar-refractivity contribution in [2.24, 2.45) is 5.73 Å². The van der Waals surface area contributed by atoms with Gasteiger partial charge in [-0.2, -0.15) is 0 Å². The molecule has 0 aromatic rings. The molecule has 1 saturated carbocycles. The van der Waals surface area contributed by atoms with Crippen LogP contribution in [0.4, 0.5) is 0 Å². The van der Waals surface area contributed by atoms with E-state index in [1.54, 1.807) is 0 Å². The minimum absolute atomic E-state index is 0.0362. The first kappa shape index (κ1) is 10.9. The van der Waals surface area contributed by atoms with Crippen molar-refractivity contribution in [2.45, 2.75) is 50.7 Å². The molecule has 3 N–H and O–H groups in total. The molecule has 2 unspecified atom stereocenters. The zero-order valence-electron chi connectivity index (χ0n) is 9.41.